The van der Waals surface area contributed by atoms with Gasteiger partial charge in [-0.25, -0.2) is 0 Å². The first-order chi connectivity index (χ1) is 9.20. The number of nitrogens with two attached hydrogens (primary N) is 1. The van der Waals surface area contributed by atoms with Gasteiger partial charge in [0.15, 0.2) is 0 Å². The Morgan fingerprint density at radius 3 is 2.57 bits per heavy atom. The lowest BCUT2D eigenvalue weighted by molar-refractivity contribution is -0.119. The molecule has 7 heteroatoms. The summed E-state index contributed by atoms with van der Waals surface area (Å²) in [4.78, 5) is 13.7. The molecule has 120 valence electrons. The van der Waals surface area contributed by atoms with E-state index in [1.54, 1.807) is 0 Å². The average molecular weight is 355 g/mol. The molecule has 2 rings (SSSR count). The summed E-state index contributed by atoms with van der Waals surface area (Å²) in [6.07, 6.45) is 2.42. The fraction of sp³-hybridized carbons (Fsp3) is 0.500. The number of carbonyl (C=O) groups is 1. The molecule has 1 aliphatic rings. The molecule has 1 saturated heterocycles. The summed E-state index contributed by atoms with van der Waals surface area (Å²) in [5.74, 6) is -0.119. The molecular weight excluding hydrogens is 333 g/mol. The predicted octanol–water partition coefficient (Wildman–Crippen LogP) is 2.40. The molecule has 0 aromatic heterocycles. The summed E-state index contributed by atoms with van der Waals surface area (Å²) in [7, 11) is 0. The van der Waals surface area contributed by atoms with Crippen LogP contribution in [0.1, 0.15) is 24.4 Å². The number of nitrogens with zero attached hydrogens (tertiary/aromatic N) is 1. The minimum absolute atomic E-state index is 0. The number of hydrogen-bond acceptors (Lipinski definition) is 3. The fourth-order valence-electron chi connectivity index (χ4n) is 2.51. The maximum Gasteiger partial charge on any atom is 0.233 e. The highest BCUT2D eigenvalue weighted by atomic mass is 35.5. The molecule has 0 bridgehead atoms. The van der Waals surface area contributed by atoms with Gasteiger partial charge in [0.25, 0.3) is 0 Å². The molecule has 1 aromatic carbocycles. The van der Waals surface area contributed by atoms with Crippen molar-refractivity contribution >= 4 is 42.3 Å². The van der Waals surface area contributed by atoms with E-state index in [1.807, 2.05) is 18.2 Å². The Morgan fingerprint density at radius 1 is 1.33 bits per heavy atom. The molecular formula is C14H22Cl3N3O. The molecule has 1 aliphatic heterocycles. The number of benzene rings is 1. The van der Waals surface area contributed by atoms with E-state index in [0.29, 0.717) is 6.54 Å². The number of carbonyl (C=O) groups excluding carboxylic acids is 1. The quantitative estimate of drug-likeness (QED) is 0.853. The first-order valence-corrected chi connectivity index (χ1v) is 7.05. The topological polar surface area (TPSA) is 58.4 Å². The molecule has 1 amide bonds. The molecule has 0 aliphatic carbocycles. The Balaban J connectivity index is 0.00000200. The van der Waals surface area contributed by atoms with Crippen LogP contribution in [-0.4, -0.2) is 37.0 Å². The Labute approximate surface area is 143 Å². The molecule has 21 heavy (non-hydrogen) atoms. The van der Waals surface area contributed by atoms with Gasteiger partial charge in [0, 0.05) is 11.6 Å². The van der Waals surface area contributed by atoms with Crippen molar-refractivity contribution in [3.05, 3.63) is 34.9 Å². The van der Waals surface area contributed by atoms with Gasteiger partial charge < -0.3 is 11.1 Å². The summed E-state index contributed by atoms with van der Waals surface area (Å²) in [5, 5.41) is 3.61. The molecule has 1 atom stereocenters. The largest absolute Gasteiger partial charge is 0.353 e. The van der Waals surface area contributed by atoms with Crippen molar-refractivity contribution in [3.63, 3.8) is 0 Å². The third-order valence-corrected chi connectivity index (χ3v) is 3.73. The van der Waals surface area contributed by atoms with E-state index in [0.717, 1.165) is 23.7 Å². The van der Waals surface area contributed by atoms with Crippen LogP contribution in [0, 0.1) is 0 Å². The third kappa shape index (κ3) is 6.01. The second-order valence-electron chi connectivity index (χ2n) is 4.82. The minimum atomic E-state index is -0.119. The fourth-order valence-corrected chi connectivity index (χ4v) is 2.71. The Bertz CT molecular complexity index is 439. The summed E-state index contributed by atoms with van der Waals surface area (Å²) >= 11 is 6.06. The van der Waals surface area contributed by atoms with Gasteiger partial charge in [0.05, 0.1) is 12.6 Å². The minimum Gasteiger partial charge on any atom is -0.353 e. The number of halogens is 3. The van der Waals surface area contributed by atoms with Crippen molar-refractivity contribution in [2.45, 2.75) is 18.9 Å². The molecule has 4 nitrogen and oxygen atoms in total. The number of hydrogen-bond donors (Lipinski definition) is 2. The third-order valence-electron chi connectivity index (χ3n) is 3.49. The highest BCUT2D eigenvalue weighted by molar-refractivity contribution is 6.30. The second kappa shape index (κ2) is 10.2. The normalized spacial score (nSPS) is 15.7. The van der Waals surface area contributed by atoms with Crippen molar-refractivity contribution in [1.82, 2.24) is 10.2 Å². The lowest BCUT2D eigenvalue weighted by Crippen LogP contribution is -2.39. The van der Waals surface area contributed by atoms with E-state index in [4.69, 9.17) is 17.3 Å². The first kappa shape index (κ1) is 20.5. The van der Waals surface area contributed by atoms with Gasteiger partial charge in [-0.3, -0.25) is 9.69 Å². The molecule has 1 aromatic rings. The van der Waals surface area contributed by atoms with Crippen molar-refractivity contribution in [3.8, 4) is 0 Å². The lowest BCUT2D eigenvalue weighted by atomic mass is 10.1. The summed E-state index contributed by atoms with van der Waals surface area (Å²) in [6.45, 7) is 2.74. The summed E-state index contributed by atoms with van der Waals surface area (Å²) < 4.78 is 0. The zero-order chi connectivity index (χ0) is 13.7. The van der Waals surface area contributed by atoms with Crippen LogP contribution in [0.4, 0.5) is 0 Å². The van der Waals surface area contributed by atoms with Crippen LogP contribution in [0.3, 0.4) is 0 Å². The molecule has 0 saturated carbocycles. The molecule has 1 unspecified atom stereocenters. The van der Waals surface area contributed by atoms with Crippen LogP contribution in [0.25, 0.3) is 0 Å². The smallest absolute Gasteiger partial charge is 0.233 e. The standard InChI is InChI=1S/C14H20ClN3O.2ClH/c15-12-5-3-4-11(8-12)13(10-17-14(19)9-16)18-6-1-2-7-18;;/h3-5,8,13H,1-2,6-7,9-10,16H2,(H,17,19);2*1H. The number of likely N-dealkylation sites (tertiary alicyclic amines) is 1. The van der Waals surface area contributed by atoms with Crippen molar-refractivity contribution < 1.29 is 4.79 Å². The summed E-state index contributed by atoms with van der Waals surface area (Å²) in [5.41, 5.74) is 6.47. The van der Waals surface area contributed by atoms with Crippen LogP contribution < -0.4 is 11.1 Å². The molecule has 1 heterocycles. The molecule has 0 spiro atoms. The van der Waals surface area contributed by atoms with Gasteiger partial charge in [0.1, 0.15) is 0 Å². The zero-order valence-corrected chi connectivity index (χ0v) is 14.1. The lowest BCUT2D eigenvalue weighted by Gasteiger charge is -2.28. The zero-order valence-electron chi connectivity index (χ0n) is 11.8. The highest BCUT2D eigenvalue weighted by Crippen LogP contribution is 2.26. The van der Waals surface area contributed by atoms with Gasteiger partial charge in [-0.1, -0.05) is 23.7 Å². The average Bonchev–Trinajstić information content (AvgIpc) is 2.93. The van der Waals surface area contributed by atoms with Crippen molar-refractivity contribution in [1.29, 1.82) is 0 Å². The number of rotatable bonds is 5. The van der Waals surface area contributed by atoms with E-state index in [9.17, 15) is 4.79 Å². The maximum absolute atomic E-state index is 11.3. The van der Waals surface area contributed by atoms with Gasteiger partial charge in [-0.15, -0.1) is 24.8 Å². The Morgan fingerprint density at radius 2 is 2.00 bits per heavy atom. The highest BCUT2D eigenvalue weighted by Gasteiger charge is 2.23. The van der Waals surface area contributed by atoms with E-state index < -0.39 is 0 Å². The number of amides is 1. The van der Waals surface area contributed by atoms with Crippen molar-refractivity contribution in [2.75, 3.05) is 26.2 Å². The SMILES string of the molecule is Cl.Cl.NCC(=O)NCC(c1cccc(Cl)c1)N1CCCC1. The van der Waals surface area contributed by atoms with Gasteiger partial charge >= 0.3 is 0 Å². The second-order valence-corrected chi connectivity index (χ2v) is 5.26. The summed E-state index contributed by atoms with van der Waals surface area (Å²) in [6, 6.07) is 8.02. The Kier molecular flexibility index (Phi) is 9.99. The van der Waals surface area contributed by atoms with E-state index in [-0.39, 0.29) is 43.3 Å². The van der Waals surface area contributed by atoms with Crippen LogP contribution in [0.5, 0.6) is 0 Å². The Hall–Kier alpha value is -0.520. The van der Waals surface area contributed by atoms with Crippen LogP contribution >= 0.6 is 36.4 Å². The van der Waals surface area contributed by atoms with Gasteiger partial charge in [-0.2, -0.15) is 0 Å². The predicted molar refractivity (Wildman–Crippen MR) is 91.6 cm³/mol. The van der Waals surface area contributed by atoms with Crippen LogP contribution in [-0.2, 0) is 4.79 Å². The monoisotopic (exact) mass is 353 g/mol. The van der Waals surface area contributed by atoms with Crippen molar-refractivity contribution in [2.24, 2.45) is 5.73 Å². The van der Waals surface area contributed by atoms with E-state index in [1.165, 1.54) is 12.8 Å². The maximum atomic E-state index is 11.3. The number of nitrogens with one attached hydrogen (secondary N) is 1. The van der Waals surface area contributed by atoms with Gasteiger partial charge in [0.2, 0.25) is 5.91 Å². The van der Waals surface area contributed by atoms with Crippen LogP contribution in [0.2, 0.25) is 5.02 Å². The van der Waals surface area contributed by atoms with Gasteiger partial charge in [-0.05, 0) is 43.6 Å². The molecule has 3 N–H and O–H groups in total. The molecule has 0 radical (unpaired) electrons. The molecule has 1 fully saturated rings. The van der Waals surface area contributed by atoms with Crippen LogP contribution in [0.15, 0.2) is 24.3 Å². The van der Waals surface area contributed by atoms with E-state index >= 15 is 0 Å². The van der Waals surface area contributed by atoms with E-state index in [2.05, 4.69) is 16.3 Å². The first-order valence-electron chi connectivity index (χ1n) is 6.67.